The van der Waals surface area contributed by atoms with Crippen LogP contribution in [-0.4, -0.2) is 18.3 Å². The van der Waals surface area contributed by atoms with Crippen molar-refractivity contribution in [2.24, 2.45) is 0 Å². The van der Waals surface area contributed by atoms with Crippen LogP contribution in [0.15, 0.2) is 97.1 Å². The molecule has 39 heavy (non-hydrogen) atoms. The number of hydrogen-bond donors (Lipinski definition) is 1. The molecule has 1 aliphatic heterocycles. The van der Waals surface area contributed by atoms with Crippen LogP contribution in [0.25, 0.3) is 0 Å². The molecule has 1 N–H and O–H groups in total. The minimum absolute atomic E-state index is 0.246. The average Bonchev–Trinajstić information content (AvgIpc) is 2.92. The Bertz CT molecular complexity index is 1390. The normalized spacial score (nSPS) is 17.7. The van der Waals surface area contributed by atoms with E-state index < -0.39 is 11.7 Å². The topological polar surface area (TPSA) is 39.7 Å². The molecule has 4 aromatic rings. The van der Waals surface area contributed by atoms with Gasteiger partial charge in [-0.3, -0.25) is 0 Å². The van der Waals surface area contributed by atoms with E-state index in [1.165, 1.54) is 17.7 Å². The van der Waals surface area contributed by atoms with E-state index in [4.69, 9.17) is 25.8 Å². The van der Waals surface area contributed by atoms with Crippen molar-refractivity contribution in [1.29, 1.82) is 0 Å². The van der Waals surface area contributed by atoms with Gasteiger partial charge in [-0.25, -0.2) is 4.39 Å². The highest BCUT2D eigenvalue weighted by atomic mass is 35.5. The second kappa shape index (κ2) is 12.2. The van der Waals surface area contributed by atoms with Crippen molar-refractivity contribution in [3.8, 4) is 5.75 Å². The average molecular weight is 546 g/mol. The van der Waals surface area contributed by atoms with Gasteiger partial charge in [0.25, 0.3) is 0 Å². The van der Waals surface area contributed by atoms with Crippen LogP contribution in [0.2, 0.25) is 5.02 Å². The summed E-state index contributed by atoms with van der Waals surface area (Å²) in [7, 11) is 0. The summed E-state index contributed by atoms with van der Waals surface area (Å²) in [5.74, 6) is 0.482. The van der Waals surface area contributed by atoms with Gasteiger partial charge < -0.3 is 19.5 Å². The molecule has 0 radical (unpaired) electrons. The predicted octanol–water partition coefficient (Wildman–Crippen LogP) is 8.15. The van der Waals surface area contributed by atoms with Crippen molar-refractivity contribution >= 4 is 17.3 Å². The van der Waals surface area contributed by atoms with Crippen LogP contribution in [0, 0.1) is 5.82 Å². The predicted molar refractivity (Wildman–Crippen MR) is 154 cm³/mol. The Morgan fingerprint density at radius 1 is 0.846 bits per heavy atom. The smallest absolute Gasteiger partial charge is 0.132 e. The highest BCUT2D eigenvalue weighted by Crippen LogP contribution is 2.44. The fourth-order valence-electron chi connectivity index (χ4n) is 4.92. The van der Waals surface area contributed by atoms with Crippen LogP contribution >= 0.6 is 11.6 Å². The minimum atomic E-state index is -0.673. The van der Waals surface area contributed by atoms with Crippen molar-refractivity contribution in [1.82, 2.24) is 0 Å². The van der Waals surface area contributed by atoms with Gasteiger partial charge in [-0.1, -0.05) is 66.2 Å². The second-order valence-corrected chi connectivity index (χ2v) is 10.8. The van der Waals surface area contributed by atoms with Gasteiger partial charge in [-0.2, -0.15) is 0 Å². The van der Waals surface area contributed by atoms with Gasteiger partial charge in [0.2, 0.25) is 0 Å². The van der Waals surface area contributed by atoms with Gasteiger partial charge in [0.05, 0.1) is 13.2 Å². The molecule has 0 aromatic heterocycles. The largest absolute Gasteiger partial charge is 0.485 e. The van der Waals surface area contributed by atoms with Crippen LogP contribution in [0.1, 0.15) is 42.2 Å². The maximum absolute atomic E-state index is 13.8. The summed E-state index contributed by atoms with van der Waals surface area (Å²) >= 11 is 6.16. The van der Waals surface area contributed by atoms with Crippen LogP contribution in [0.3, 0.4) is 0 Å². The van der Waals surface area contributed by atoms with E-state index in [9.17, 15) is 4.39 Å². The molecular weight excluding hydrogens is 513 g/mol. The summed E-state index contributed by atoms with van der Waals surface area (Å²) in [5.41, 5.74) is 4.24. The van der Waals surface area contributed by atoms with Crippen molar-refractivity contribution in [3.05, 3.63) is 130 Å². The van der Waals surface area contributed by atoms with Crippen LogP contribution in [0.4, 0.5) is 10.1 Å². The Kier molecular flexibility index (Phi) is 8.51. The van der Waals surface area contributed by atoms with Crippen LogP contribution in [0.5, 0.6) is 5.75 Å². The highest BCUT2D eigenvalue weighted by molar-refractivity contribution is 6.30. The number of halogens is 2. The Morgan fingerprint density at radius 2 is 1.62 bits per heavy atom. The number of hydrogen-bond acceptors (Lipinski definition) is 4. The third-order valence-electron chi connectivity index (χ3n) is 6.88. The van der Waals surface area contributed by atoms with Gasteiger partial charge in [0.1, 0.15) is 29.4 Å². The molecule has 0 aliphatic carbocycles. The lowest BCUT2D eigenvalue weighted by Crippen LogP contribution is -2.51. The lowest BCUT2D eigenvalue weighted by molar-refractivity contribution is -0.167. The zero-order chi connectivity index (χ0) is 27.2. The standard InChI is InChI=1S/C33H33ClFNO3/c1-33(2)32(38-22-25-11-7-13-27(35)19-25)31(37-17-16-23-8-4-3-5-9-23)29-20-28(14-15-30(29)39-33)36-21-24-10-6-12-26(34)18-24/h3-15,18-20,31-32,36H,16-17,21-22H2,1-2H3. The van der Waals surface area contributed by atoms with Crippen LogP contribution < -0.4 is 10.1 Å². The lowest BCUT2D eigenvalue weighted by atomic mass is 9.87. The first-order valence-corrected chi connectivity index (χ1v) is 13.6. The molecule has 0 amide bonds. The SMILES string of the molecule is CC1(C)Oc2ccc(NCc3cccc(Cl)c3)cc2C(OCCc2ccccc2)C1OCc1cccc(F)c1. The summed E-state index contributed by atoms with van der Waals surface area (Å²) < 4.78 is 33.3. The first-order chi connectivity index (χ1) is 18.9. The second-order valence-electron chi connectivity index (χ2n) is 10.3. The Balaban J connectivity index is 1.39. The fraction of sp³-hybridized carbons (Fsp3) is 0.273. The molecule has 5 rings (SSSR count). The number of rotatable bonds is 10. The zero-order valence-electron chi connectivity index (χ0n) is 22.2. The van der Waals surface area contributed by atoms with Gasteiger partial charge in [0, 0.05) is 22.8 Å². The van der Waals surface area contributed by atoms with E-state index in [0.29, 0.717) is 18.2 Å². The summed E-state index contributed by atoms with van der Waals surface area (Å²) in [6.45, 7) is 5.40. The van der Waals surface area contributed by atoms with Crippen molar-refractivity contribution < 1.29 is 18.6 Å². The van der Waals surface area contributed by atoms with E-state index in [2.05, 4.69) is 23.5 Å². The van der Waals surface area contributed by atoms with Gasteiger partial charge in [-0.15, -0.1) is 0 Å². The molecule has 2 atom stereocenters. The van der Waals surface area contributed by atoms with E-state index in [-0.39, 0.29) is 18.5 Å². The summed E-state index contributed by atoms with van der Waals surface area (Å²) in [4.78, 5) is 0. The number of benzene rings is 4. The van der Waals surface area contributed by atoms with Gasteiger partial charge >= 0.3 is 0 Å². The van der Waals surface area contributed by atoms with Gasteiger partial charge in [-0.05, 0) is 79.4 Å². The maximum atomic E-state index is 13.8. The monoisotopic (exact) mass is 545 g/mol. The molecule has 0 saturated carbocycles. The van der Waals surface area contributed by atoms with E-state index in [1.807, 2.05) is 74.5 Å². The minimum Gasteiger partial charge on any atom is -0.485 e. The number of nitrogens with one attached hydrogen (secondary N) is 1. The summed E-state index contributed by atoms with van der Waals surface area (Å²) in [6.07, 6.45) is -0.0294. The Hall–Kier alpha value is -3.38. The molecule has 0 bridgehead atoms. The lowest BCUT2D eigenvalue weighted by Gasteiger charge is -2.44. The molecule has 0 spiro atoms. The quantitative estimate of drug-likeness (QED) is 0.218. The molecule has 1 aliphatic rings. The Morgan fingerprint density at radius 3 is 2.41 bits per heavy atom. The zero-order valence-corrected chi connectivity index (χ0v) is 23.0. The van der Waals surface area contributed by atoms with Crippen molar-refractivity contribution in [3.63, 3.8) is 0 Å². The maximum Gasteiger partial charge on any atom is 0.132 e. The first kappa shape index (κ1) is 27.2. The molecule has 4 aromatic carbocycles. The third-order valence-corrected chi connectivity index (χ3v) is 7.12. The number of ether oxygens (including phenoxy) is 3. The van der Waals surface area contributed by atoms with Crippen molar-refractivity contribution in [2.75, 3.05) is 11.9 Å². The highest BCUT2D eigenvalue weighted by Gasteiger charge is 2.45. The third kappa shape index (κ3) is 6.99. The number of anilines is 1. The van der Waals surface area contributed by atoms with E-state index >= 15 is 0 Å². The van der Waals surface area contributed by atoms with Crippen LogP contribution in [-0.2, 0) is 29.0 Å². The first-order valence-electron chi connectivity index (χ1n) is 13.2. The molecule has 0 saturated heterocycles. The molecule has 0 fully saturated rings. The van der Waals surface area contributed by atoms with Crippen molar-refractivity contribution in [2.45, 2.75) is 51.2 Å². The molecular formula is C33H33ClFNO3. The summed E-state index contributed by atoms with van der Waals surface area (Å²) in [6, 6.07) is 30.6. The number of fused-ring (bicyclic) bond motifs is 1. The molecule has 202 valence electrons. The summed E-state index contributed by atoms with van der Waals surface area (Å²) in [5, 5.41) is 4.20. The van der Waals surface area contributed by atoms with E-state index in [0.717, 1.165) is 34.5 Å². The van der Waals surface area contributed by atoms with Gasteiger partial charge in [0.15, 0.2) is 0 Å². The van der Waals surface area contributed by atoms with E-state index in [1.54, 1.807) is 6.07 Å². The Labute approximate surface area is 234 Å². The molecule has 1 heterocycles. The molecule has 2 unspecified atom stereocenters. The fourth-order valence-corrected chi connectivity index (χ4v) is 5.13. The molecule has 4 nitrogen and oxygen atoms in total. The molecule has 6 heteroatoms.